The molecule has 2 heterocycles. The van der Waals surface area contributed by atoms with Gasteiger partial charge in [0.05, 0.1) is 35.4 Å². The number of alkyl halides is 10. The van der Waals surface area contributed by atoms with Crippen molar-refractivity contribution >= 4 is 23.6 Å². The van der Waals surface area contributed by atoms with Crippen molar-refractivity contribution in [1.29, 1.82) is 0 Å². The lowest BCUT2D eigenvalue weighted by molar-refractivity contribution is -0.222. The summed E-state index contributed by atoms with van der Waals surface area (Å²) in [4.78, 5) is 51.8. The van der Waals surface area contributed by atoms with Crippen LogP contribution in [-0.4, -0.2) is 96.4 Å². The zero-order valence-electron chi connectivity index (χ0n) is 36.2. The van der Waals surface area contributed by atoms with Crippen LogP contribution in [0.25, 0.3) is 22.3 Å². The number of carbonyl (C=O) groups is 4. The molecule has 0 fully saturated rings. The highest BCUT2D eigenvalue weighted by Gasteiger charge is 2.57. The third-order valence-electron chi connectivity index (χ3n) is 10.8. The molecule has 4 rings (SSSR count). The largest absolute Gasteiger partial charge is 0.396 e. The minimum Gasteiger partial charge on any atom is -0.390 e. The zero-order valence-corrected chi connectivity index (χ0v) is 36.2. The summed E-state index contributed by atoms with van der Waals surface area (Å²) in [5, 5.41) is 25.3. The van der Waals surface area contributed by atoms with Gasteiger partial charge >= 0.3 is 25.5 Å². The summed E-state index contributed by atoms with van der Waals surface area (Å²) in [6.07, 6.45) is -9.23. The Balaban J connectivity index is 1.81. The number of hydrogen-bond acceptors (Lipinski definition) is 8. The third kappa shape index (κ3) is 13.0. The summed E-state index contributed by atoms with van der Waals surface area (Å²) in [7, 11) is 0. The maximum Gasteiger partial charge on any atom is 0.396 e. The molecule has 0 bridgehead atoms. The highest BCUT2D eigenvalue weighted by atomic mass is 19.4. The molecule has 0 saturated carbocycles. The summed E-state index contributed by atoms with van der Waals surface area (Å²) in [5.74, 6) is -8.21. The Morgan fingerprint density at radius 3 is 1.51 bits per heavy atom. The predicted molar refractivity (Wildman–Crippen MR) is 213 cm³/mol. The quantitative estimate of drug-likeness (QED) is 0.0517. The molecule has 26 heteroatoms. The van der Waals surface area contributed by atoms with E-state index in [1.807, 2.05) is 16.1 Å². The molecule has 4 aromatic rings. The Labute approximate surface area is 374 Å². The molecular formula is C41H45F12N9O5. The molecule has 2 aromatic carbocycles. The van der Waals surface area contributed by atoms with Crippen LogP contribution in [0.4, 0.5) is 52.7 Å². The van der Waals surface area contributed by atoms with Gasteiger partial charge in [-0.1, -0.05) is 24.3 Å². The van der Waals surface area contributed by atoms with Crippen molar-refractivity contribution in [2.45, 2.75) is 104 Å². The molecule has 0 radical (unpaired) electrons. The van der Waals surface area contributed by atoms with E-state index in [2.05, 4.69) is 15.5 Å². The van der Waals surface area contributed by atoms with Gasteiger partial charge in [0, 0.05) is 56.0 Å². The van der Waals surface area contributed by atoms with Crippen molar-refractivity contribution in [1.82, 2.24) is 45.9 Å². The molecule has 14 nitrogen and oxygen atoms in total. The first kappa shape index (κ1) is 53.4. The van der Waals surface area contributed by atoms with Gasteiger partial charge in [-0.05, 0) is 62.9 Å². The van der Waals surface area contributed by atoms with Gasteiger partial charge in [0.25, 0.3) is 5.91 Å². The molecular weight excluding hydrogens is 926 g/mol. The van der Waals surface area contributed by atoms with Crippen molar-refractivity contribution in [3.63, 3.8) is 0 Å². The van der Waals surface area contributed by atoms with Gasteiger partial charge in [-0.25, -0.2) is 23.2 Å². The number of halogens is 12. The van der Waals surface area contributed by atoms with E-state index >= 15 is 8.78 Å². The van der Waals surface area contributed by atoms with Gasteiger partial charge in [-0.15, -0.1) is 0 Å². The van der Waals surface area contributed by atoms with Crippen molar-refractivity contribution < 1.29 is 77.0 Å². The fourth-order valence-corrected chi connectivity index (χ4v) is 6.54. The monoisotopic (exact) mass is 971 g/mol. The van der Waals surface area contributed by atoms with Crippen molar-refractivity contribution in [3.05, 3.63) is 83.9 Å². The van der Waals surface area contributed by atoms with E-state index in [4.69, 9.17) is 0 Å². The van der Waals surface area contributed by atoms with Crippen molar-refractivity contribution in [3.8, 4) is 22.3 Å². The number of aliphatic hydroxyl groups is 1. The van der Waals surface area contributed by atoms with Gasteiger partial charge in [-0.2, -0.15) is 54.1 Å². The Morgan fingerprint density at radius 1 is 0.672 bits per heavy atom. The smallest absolute Gasteiger partial charge is 0.390 e. The van der Waals surface area contributed by atoms with Crippen molar-refractivity contribution in [2.75, 3.05) is 6.54 Å². The fourth-order valence-electron chi connectivity index (χ4n) is 6.54. The summed E-state index contributed by atoms with van der Waals surface area (Å²) < 4.78 is 171. The molecule has 4 amide bonds. The second-order valence-electron chi connectivity index (χ2n) is 16.5. The first-order valence-corrected chi connectivity index (χ1v) is 19.8. The summed E-state index contributed by atoms with van der Waals surface area (Å²) in [6.45, 7) is -4.46. The summed E-state index contributed by atoms with van der Waals surface area (Å²) in [6, 6.07) is 0.241. The van der Waals surface area contributed by atoms with E-state index in [0.29, 0.717) is 55.1 Å². The van der Waals surface area contributed by atoms with Crippen molar-refractivity contribution in [2.24, 2.45) is 10.8 Å². The Bertz CT molecular complexity index is 2360. The van der Waals surface area contributed by atoms with E-state index in [0.717, 1.165) is 38.6 Å². The second kappa shape index (κ2) is 20.8. The first-order valence-electron chi connectivity index (χ1n) is 19.8. The van der Waals surface area contributed by atoms with Gasteiger partial charge in [-0.3, -0.25) is 24.6 Å². The van der Waals surface area contributed by atoms with Crippen LogP contribution in [0.3, 0.4) is 0 Å². The van der Waals surface area contributed by atoms with Crippen LogP contribution in [-0.2, 0) is 32.1 Å². The lowest BCUT2D eigenvalue weighted by atomic mass is 9.82. The van der Waals surface area contributed by atoms with E-state index in [1.54, 1.807) is 0 Å². The number of nitrogens with zero attached hydrogens (tertiary/aromatic N) is 5. The minimum atomic E-state index is -5.18. The van der Waals surface area contributed by atoms with Crippen LogP contribution < -0.4 is 21.4 Å². The molecule has 4 unspecified atom stereocenters. The lowest BCUT2D eigenvalue weighted by Gasteiger charge is -2.38. The molecule has 0 aliphatic rings. The van der Waals surface area contributed by atoms with Gasteiger partial charge in [0.1, 0.15) is 23.7 Å². The van der Waals surface area contributed by atoms with Crippen LogP contribution in [0.2, 0.25) is 0 Å². The first-order chi connectivity index (χ1) is 30.8. The number of rotatable bonds is 19. The molecule has 5 N–H and O–H groups in total. The number of aromatic nitrogens is 4. The molecule has 368 valence electrons. The van der Waals surface area contributed by atoms with Crippen LogP contribution in [0.15, 0.2) is 61.2 Å². The van der Waals surface area contributed by atoms with Gasteiger partial charge < -0.3 is 21.1 Å². The average Bonchev–Trinajstić information content (AvgIpc) is 3.91. The number of carbonyl (C=O) groups excluding carboxylic acids is 4. The maximum atomic E-state index is 15.8. The summed E-state index contributed by atoms with van der Waals surface area (Å²) in [5.41, 5.74) is -4.71. The maximum absolute atomic E-state index is 15.8. The molecule has 2 aromatic heterocycles. The summed E-state index contributed by atoms with van der Waals surface area (Å²) >= 11 is 0. The number of benzene rings is 2. The SMILES string of the molecule is CC(=O)NC(C(=O)NC(Cc1ccc(-c2cnn(C(F)F)c2)cc1)C(O)CN(Cc1c(F)cc(-c2cnn(C(F)F)c2)cc1F)NC(=O)C(NC(C)=O)C(C)(C)C(F)(F)F)C(C)(C)C(F)(F)F. The molecule has 4 atom stereocenters. The second-order valence-corrected chi connectivity index (χ2v) is 16.5. The van der Waals surface area contributed by atoms with E-state index < -0.39 is 121 Å². The van der Waals surface area contributed by atoms with Crippen LogP contribution in [0.1, 0.15) is 65.8 Å². The number of nitrogens with one attached hydrogen (secondary N) is 4. The normalized spacial score (nSPS) is 14.5. The number of aliphatic hydroxyl groups excluding tert-OH is 1. The molecule has 0 spiro atoms. The van der Waals surface area contributed by atoms with E-state index in [1.165, 1.54) is 24.3 Å². The van der Waals surface area contributed by atoms with E-state index in [-0.39, 0.29) is 26.9 Å². The van der Waals surface area contributed by atoms with Crippen LogP contribution in [0, 0.1) is 22.5 Å². The molecule has 0 aliphatic heterocycles. The minimum absolute atomic E-state index is 0.182. The Morgan fingerprint density at radius 2 is 1.10 bits per heavy atom. The third-order valence-corrected chi connectivity index (χ3v) is 10.8. The Kier molecular flexibility index (Phi) is 16.6. The Hall–Kier alpha value is -6.18. The van der Waals surface area contributed by atoms with Crippen LogP contribution >= 0.6 is 0 Å². The molecule has 67 heavy (non-hydrogen) atoms. The number of hydrogen-bond donors (Lipinski definition) is 5. The highest BCUT2D eigenvalue weighted by Crippen LogP contribution is 2.42. The topological polar surface area (TPSA) is 176 Å². The average molecular weight is 972 g/mol. The predicted octanol–water partition coefficient (Wildman–Crippen LogP) is 6.59. The molecule has 0 saturated heterocycles. The number of amides is 4. The lowest BCUT2D eigenvalue weighted by Crippen LogP contribution is -2.63. The number of hydrazine groups is 1. The standard InChI is InChI=1S/C41H45F12N9O5/c1-20(63)56-32(38(3,4)40(48,49)50)34(66)58-30(11-22-7-9-23(10-8-22)25-14-54-61(16-25)36(44)45)31(65)19-60(59-35(67)33(57-21(2)64)39(5,6)41(51,52)53)18-27-28(42)12-24(13-29(27)43)26-15-55-62(17-26)37(46)47/h7-10,12-17,30-33,36-37,65H,11,18-19H2,1-6H3,(H,56,63)(H,57,64)(H,58,66)(H,59,67). The van der Waals surface area contributed by atoms with E-state index in [9.17, 15) is 68.2 Å². The highest BCUT2D eigenvalue weighted by molar-refractivity contribution is 5.88. The fraction of sp³-hybridized carbons (Fsp3) is 0.463. The zero-order chi connectivity index (χ0) is 50.6. The van der Waals surface area contributed by atoms with Crippen LogP contribution in [0.5, 0.6) is 0 Å². The van der Waals surface area contributed by atoms with Gasteiger partial charge in [0.2, 0.25) is 17.7 Å². The van der Waals surface area contributed by atoms with Gasteiger partial charge in [0.15, 0.2) is 0 Å². The molecule has 0 aliphatic carbocycles.